The van der Waals surface area contributed by atoms with E-state index in [-0.39, 0.29) is 16.9 Å². The molecule has 5 heteroatoms. The van der Waals surface area contributed by atoms with E-state index in [9.17, 15) is 14.3 Å². The number of ether oxygens (including phenoxy) is 1. The minimum atomic E-state index is -1.92. The van der Waals surface area contributed by atoms with Crippen molar-refractivity contribution in [1.82, 2.24) is 0 Å². The van der Waals surface area contributed by atoms with Crippen LogP contribution >= 0.6 is 0 Å². The zero-order chi connectivity index (χ0) is 11.6. The van der Waals surface area contributed by atoms with Gasteiger partial charge in [0.1, 0.15) is 11.6 Å². The maximum Gasteiger partial charge on any atom is 0.337 e. The first-order chi connectivity index (χ1) is 6.99. The van der Waals surface area contributed by atoms with E-state index < -0.39 is 17.9 Å². The second-order valence-electron chi connectivity index (χ2n) is 3.05. The maximum absolute atomic E-state index is 13.6. The molecule has 0 spiro atoms. The Morgan fingerprint density at radius 3 is 2.60 bits per heavy atom. The van der Waals surface area contributed by atoms with Gasteiger partial charge in [0.15, 0.2) is 6.10 Å². The third kappa shape index (κ3) is 2.07. The highest BCUT2D eigenvalue weighted by Crippen LogP contribution is 2.29. The molecule has 1 aromatic rings. The van der Waals surface area contributed by atoms with Gasteiger partial charge in [0.2, 0.25) is 0 Å². The predicted octanol–water partition coefficient (Wildman–Crippen LogP) is 1.26. The van der Waals surface area contributed by atoms with Gasteiger partial charge in [-0.3, -0.25) is 0 Å². The number of carboxylic acid groups (broad SMARTS) is 1. The second kappa shape index (κ2) is 4.27. The summed E-state index contributed by atoms with van der Waals surface area (Å²) in [5.74, 6) is -2.25. The molecular weight excluding hydrogens is 203 g/mol. The fourth-order valence-electron chi connectivity index (χ4n) is 1.24. The van der Waals surface area contributed by atoms with Crippen LogP contribution in [0.15, 0.2) is 12.1 Å². The number of aryl methyl sites for hydroxylation is 1. The van der Waals surface area contributed by atoms with E-state index in [0.29, 0.717) is 0 Å². The van der Waals surface area contributed by atoms with Crippen LogP contribution in [0, 0.1) is 12.7 Å². The van der Waals surface area contributed by atoms with Crippen molar-refractivity contribution in [1.29, 1.82) is 0 Å². The van der Waals surface area contributed by atoms with Crippen molar-refractivity contribution in [3.63, 3.8) is 0 Å². The Morgan fingerprint density at radius 1 is 1.53 bits per heavy atom. The normalized spacial score (nSPS) is 12.3. The molecule has 1 unspecified atom stereocenters. The molecule has 0 aliphatic heterocycles. The van der Waals surface area contributed by atoms with Crippen LogP contribution in [-0.4, -0.2) is 23.3 Å². The number of aliphatic hydroxyl groups is 1. The van der Waals surface area contributed by atoms with E-state index in [1.165, 1.54) is 26.2 Å². The summed E-state index contributed by atoms with van der Waals surface area (Å²) < 4.78 is 18.3. The summed E-state index contributed by atoms with van der Waals surface area (Å²) in [5, 5.41) is 17.9. The Balaban J connectivity index is 3.35. The molecule has 0 fully saturated rings. The summed E-state index contributed by atoms with van der Waals surface area (Å²) in [6.07, 6.45) is -1.92. The van der Waals surface area contributed by atoms with Crippen molar-refractivity contribution in [2.24, 2.45) is 0 Å². The lowest BCUT2D eigenvalue weighted by molar-refractivity contribution is -0.147. The highest BCUT2D eigenvalue weighted by molar-refractivity contribution is 5.75. The van der Waals surface area contributed by atoms with Gasteiger partial charge in [-0.1, -0.05) is 6.07 Å². The molecule has 1 rings (SSSR count). The lowest BCUT2D eigenvalue weighted by atomic mass is 10.0. The van der Waals surface area contributed by atoms with Gasteiger partial charge in [-0.25, -0.2) is 9.18 Å². The van der Waals surface area contributed by atoms with Crippen LogP contribution < -0.4 is 4.74 Å². The van der Waals surface area contributed by atoms with Crippen molar-refractivity contribution in [3.8, 4) is 5.75 Å². The number of halogens is 1. The SMILES string of the molecule is COc1ccc(C)c(F)c1C(O)C(=O)O. The van der Waals surface area contributed by atoms with E-state index in [1.54, 1.807) is 0 Å². The average Bonchev–Trinajstić information content (AvgIpc) is 2.20. The van der Waals surface area contributed by atoms with Crippen molar-refractivity contribution in [2.45, 2.75) is 13.0 Å². The molecule has 0 radical (unpaired) electrons. The Kier molecular flexibility index (Phi) is 3.26. The van der Waals surface area contributed by atoms with Gasteiger partial charge < -0.3 is 14.9 Å². The zero-order valence-corrected chi connectivity index (χ0v) is 8.32. The van der Waals surface area contributed by atoms with Crippen molar-refractivity contribution < 1.29 is 24.1 Å². The van der Waals surface area contributed by atoms with Crippen LogP contribution in [0.1, 0.15) is 17.2 Å². The Morgan fingerprint density at radius 2 is 2.13 bits per heavy atom. The smallest absolute Gasteiger partial charge is 0.337 e. The van der Waals surface area contributed by atoms with E-state index >= 15 is 0 Å². The lowest BCUT2D eigenvalue weighted by Crippen LogP contribution is -2.14. The topological polar surface area (TPSA) is 66.8 Å². The largest absolute Gasteiger partial charge is 0.496 e. The summed E-state index contributed by atoms with van der Waals surface area (Å²) in [6.45, 7) is 1.48. The molecule has 15 heavy (non-hydrogen) atoms. The molecule has 0 aliphatic carbocycles. The molecule has 0 heterocycles. The quantitative estimate of drug-likeness (QED) is 0.794. The number of benzene rings is 1. The lowest BCUT2D eigenvalue weighted by Gasteiger charge is -2.13. The minimum absolute atomic E-state index is 0.0213. The van der Waals surface area contributed by atoms with Crippen molar-refractivity contribution in [3.05, 3.63) is 29.1 Å². The molecule has 0 saturated carbocycles. The third-order valence-corrected chi connectivity index (χ3v) is 2.06. The van der Waals surface area contributed by atoms with Gasteiger partial charge in [-0.2, -0.15) is 0 Å². The van der Waals surface area contributed by atoms with E-state index in [1.807, 2.05) is 0 Å². The number of methoxy groups -OCH3 is 1. The zero-order valence-electron chi connectivity index (χ0n) is 8.32. The first-order valence-electron chi connectivity index (χ1n) is 4.23. The van der Waals surface area contributed by atoms with Gasteiger partial charge in [0.05, 0.1) is 12.7 Å². The highest BCUT2D eigenvalue weighted by atomic mass is 19.1. The number of carboxylic acids is 1. The number of hydrogen-bond acceptors (Lipinski definition) is 3. The van der Waals surface area contributed by atoms with Crippen LogP contribution in [0.3, 0.4) is 0 Å². The van der Waals surface area contributed by atoms with Crippen LogP contribution in [0.2, 0.25) is 0 Å². The molecule has 2 N–H and O–H groups in total. The molecule has 4 nitrogen and oxygen atoms in total. The first kappa shape index (κ1) is 11.5. The van der Waals surface area contributed by atoms with Gasteiger partial charge >= 0.3 is 5.97 Å². The van der Waals surface area contributed by atoms with Crippen molar-refractivity contribution in [2.75, 3.05) is 7.11 Å². The molecule has 0 aromatic heterocycles. The molecule has 0 bridgehead atoms. The number of aliphatic hydroxyl groups excluding tert-OH is 1. The Labute approximate surface area is 85.9 Å². The molecule has 0 aliphatic rings. The summed E-state index contributed by atoms with van der Waals surface area (Å²) >= 11 is 0. The van der Waals surface area contributed by atoms with E-state index in [2.05, 4.69) is 0 Å². The third-order valence-electron chi connectivity index (χ3n) is 2.06. The van der Waals surface area contributed by atoms with Crippen LogP contribution in [-0.2, 0) is 4.79 Å². The van der Waals surface area contributed by atoms with Crippen LogP contribution in [0.5, 0.6) is 5.75 Å². The number of aliphatic carboxylic acids is 1. The van der Waals surface area contributed by atoms with Gasteiger partial charge in [-0.15, -0.1) is 0 Å². The molecule has 0 amide bonds. The van der Waals surface area contributed by atoms with Crippen LogP contribution in [0.25, 0.3) is 0 Å². The summed E-state index contributed by atoms with van der Waals surface area (Å²) in [6, 6.07) is 2.87. The Hall–Kier alpha value is -1.62. The fourth-order valence-corrected chi connectivity index (χ4v) is 1.24. The van der Waals surface area contributed by atoms with Gasteiger partial charge in [-0.05, 0) is 18.6 Å². The molecule has 0 saturated heterocycles. The molecular formula is C10H11FO4. The molecule has 82 valence electrons. The molecule has 1 atom stereocenters. The number of hydrogen-bond donors (Lipinski definition) is 2. The number of rotatable bonds is 3. The maximum atomic E-state index is 13.6. The summed E-state index contributed by atoms with van der Waals surface area (Å²) in [5.41, 5.74) is -0.0869. The summed E-state index contributed by atoms with van der Waals surface area (Å²) in [4.78, 5) is 10.6. The Bertz CT molecular complexity index is 389. The van der Waals surface area contributed by atoms with Gasteiger partial charge in [0, 0.05) is 0 Å². The van der Waals surface area contributed by atoms with E-state index in [0.717, 1.165) is 0 Å². The second-order valence-corrected chi connectivity index (χ2v) is 3.05. The average molecular weight is 214 g/mol. The monoisotopic (exact) mass is 214 g/mol. The fraction of sp³-hybridized carbons (Fsp3) is 0.300. The predicted molar refractivity (Wildman–Crippen MR) is 50.3 cm³/mol. The van der Waals surface area contributed by atoms with E-state index in [4.69, 9.17) is 9.84 Å². The minimum Gasteiger partial charge on any atom is -0.496 e. The first-order valence-corrected chi connectivity index (χ1v) is 4.23. The van der Waals surface area contributed by atoms with Gasteiger partial charge in [0.25, 0.3) is 0 Å². The highest BCUT2D eigenvalue weighted by Gasteiger charge is 2.25. The number of carbonyl (C=O) groups is 1. The standard InChI is InChI=1S/C10H11FO4/c1-5-3-4-6(15-2)7(8(5)11)9(12)10(13)14/h3-4,9,12H,1-2H3,(H,13,14). The van der Waals surface area contributed by atoms with Crippen molar-refractivity contribution >= 4 is 5.97 Å². The van der Waals surface area contributed by atoms with Crippen LogP contribution in [0.4, 0.5) is 4.39 Å². The molecule has 1 aromatic carbocycles. The summed E-state index contributed by atoms with van der Waals surface area (Å²) in [7, 11) is 1.28.